The summed E-state index contributed by atoms with van der Waals surface area (Å²) in [6.07, 6.45) is 0.985. The molecule has 1 amide bonds. The number of fused-ring (bicyclic) bond motifs is 1. The summed E-state index contributed by atoms with van der Waals surface area (Å²) >= 11 is 0. The second-order valence-electron chi connectivity index (χ2n) is 7.01. The molecular formula is C17H25F3N4O4. The minimum absolute atomic E-state index is 0.137. The van der Waals surface area contributed by atoms with E-state index in [2.05, 4.69) is 21.5 Å². The van der Waals surface area contributed by atoms with Gasteiger partial charge in [-0.25, -0.2) is 9.78 Å². The zero-order valence-corrected chi connectivity index (χ0v) is 15.7. The third kappa shape index (κ3) is 6.79. The molecule has 0 bridgehead atoms. The van der Waals surface area contributed by atoms with Gasteiger partial charge in [0.1, 0.15) is 6.61 Å². The summed E-state index contributed by atoms with van der Waals surface area (Å²) in [5, 5.41) is 7.12. The Kier molecular flexibility index (Phi) is 7.81. The second kappa shape index (κ2) is 9.87. The molecule has 158 valence electrons. The Bertz CT molecular complexity index is 659. The molecule has 1 aromatic rings. The highest BCUT2D eigenvalue weighted by atomic mass is 19.4. The van der Waals surface area contributed by atoms with Crippen LogP contribution in [0.3, 0.4) is 0 Å². The van der Waals surface area contributed by atoms with Gasteiger partial charge < -0.3 is 24.2 Å². The maximum atomic E-state index is 12.0. The van der Waals surface area contributed by atoms with Crippen molar-refractivity contribution in [1.82, 2.24) is 19.4 Å². The van der Waals surface area contributed by atoms with Gasteiger partial charge in [0.05, 0.1) is 18.6 Å². The number of rotatable bonds is 4. The van der Waals surface area contributed by atoms with Crippen LogP contribution in [0.25, 0.3) is 0 Å². The van der Waals surface area contributed by atoms with E-state index in [9.17, 15) is 18.0 Å². The van der Waals surface area contributed by atoms with Gasteiger partial charge in [0.25, 0.3) is 0 Å². The molecule has 1 aromatic heterocycles. The fourth-order valence-electron chi connectivity index (χ4n) is 3.24. The van der Waals surface area contributed by atoms with Gasteiger partial charge in [0, 0.05) is 44.8 Å². The number of alkyl halides is 3. The van der Waals surface area contributed by atoms with Crippen molar-refractivity contribution in [3.63, 3.8) is 0 Å². The van der Waals surface area contributed by atoms with Gasteiger partial charge in [0.2, 0.25) is 5.91 Å². The fraction of sp³-hybridized carbons (Fsp3) is 0.706. The lowest BCUT2D eigenvalue weighted by Crippen LogP contribution is -2.33. The van der Waals surface area contributed by atoms with Gasteiger partial charge >= 0.3 is 12.1 Å². The molecule has 1 fully saturated rings. The number of carbonyl (C=O) groups is 2. The Morgan fingerprint density at radius 1 is 1.29 bits per heavy atom. The van der Waals surface area contributed by atoms with Crippen molar-refractivity contribution in [1.29, 1.82) is 0 Å². The van der Waals surface area contributed by atoms with Crippen LogP contribution in [0.15, 0.2) is 12.5 Å². The van der Waals surface area contributed by atoms with Crippen LogP contribution in [-0.2, 0) is 27.4 Å². The molecule has 28 heavy (non-hydrogen) atoms. The molecule has 0 aliphatic carbocycles. The zero-order valence-electron chi connectivity index (χ0n) is 15.7. The van der Waals surface area contributed by atoms with E-state index in [1.54, 1.807) is 0 Å². The first-order valence-electron chi connectivity index (χ1n) is 9.00. The summed E-state index contributed by atoms with van der Waals surface area (Å²) < 4.78 is 39.6. The van der Waals surface area contributed by atoms with E-state index in [1.807, 2.05) is 17.4 Å². The van der Waals surface area contributed by atoms with Crippen molar-refractivity contribution >= 4 is 11.9 Å². The molecule has 0 radical (unpaired) electrons. The number of carbonyl (C=O) groups excluding carboxylic acids is 1. The topological polar surface area (TPSA) is 87.9 Å². The standard InChI is InChI=1S/C15H24N4O2.C2HF3O2/c1-17-7-13(8-19-12-16-6-14(19)9-17)10-21-11-15(20)18-4-2-3-5-18;3-2(4,5)1(6)7/h6,12-13H,2-5,7-11H2,1H3;(H,6,7). The van der Waals surface area contributed by atoms with Crippen molar-refractivity contribution in [2.45, 2.75) is 32.1 Å². The maximum absolute atomic E-state index is 12.0. The molecule has 3 heterocycles. The van der Waals surface area contributed by atoms with E-state index >= 15 is 0 Å². The Morgan fingerprint density at radius 2 is 1.93 bits per heavy atom. The van der Waals surface area contributed by atoms with E-state index in [0.717, 1.165) is 45.6 Å². The Balaban J connectivity index is 0.000000345. The number of halogens is 3. The van der Waals surface area contributed by atoms with Gasteiger partial charge in [-0.05, 0) is 19.9 Å². The second-order valence-corrected chi connectivity index (χ2v) is 7.01. The molecule has 2 aliphatic heterocycles. The molecule has 1 unspecified atom stereocenters. The van der Waals surface area contributed by atoms with E-state index in [1.165, 1.54) is 5.69 Å². The third-order valence-electron chi connectivity index (χ3n) is 4.54. The van der Waals surface area contributed by atoms with E-state index < -0.39 is 12.1 Å². The SMILES string of the molecule is CN1Cc2cncn2CC(COCC(=O)N2CCCC2)C1.O=C(O)C(F)(F)F. The first-order chi connectivity index (χ1) is 13.2. The van der Waals surface area contributed by atoms with Crippen LogP contribution < -0.4 is 0 Å². The number of carboxylic acid groups (broad SMARTS) is 1. The summed E-state index contributed by atoms with van der Waals surface area (Å²) in [4.78, 5) is 29.3. The number of aromatic nitrogens is 2. The highest BCUT2D eigenvalue weighted by Gasteiger charge is 2.38. The Morgan fingerprint density at radius 3 is 2.54 bits per heavy atom. The lowest BCUT2D eigenvalue weighted by atomic mass is 10.1. The number of aliphatic carboxylic acids is 1. The fourth-order valence-corrected chi connectivity index (χ4v) is 3.24. The van der Waals surface area contributed by atoms with Crippen molar-refractivity contribution in [3.05, 3.63) is 18.2 Å². The molecule has 11 heteroatoms. The molecule has 8 nitrogen and oxygen atoms in total. The van der Waals surface area contributed by atoms with Crippen molar-refractivity contribution in [2.24, 2.45) is 5.92 Å². The first kappa shape index (κ1) is 22.2. The lowest BCUT2D eigenvalue weighted by molar-refractivity contribution is -0.192. The highest BCUT2D eigenvalue weighted by molar-refractivity contribution is 5.77. The Hall–Kier alpha value is -2.14. The summed E-state index contributed by atoms with van der Waals surface area (Å²) in [5.74, 6) is -2.22. The van der Waals surface area contributed by atoms with Crippen LogP contribution in [0.5, 0.6) is 0 Å². The molecule has 0 saturated carbocycles. The first-order valence-corrected chi connectivity index (χ1v) is 9.00. The predicted molar refractivity (Wildman–Crippen MR) is 92.4 cm³/mol. The van der Waals surface area contributed by atoms with Crippen molar-refractivity contribution in [2.75, 3.05) is 39.9 Å². The van der Waals surface area contributed by atoms with Crippen LogP contribution in [0.1, 0.15) is 18.5 Å². The van der Waals surface area contributed by atoms with Gasteiger partial charge in [-0.2, -0.15) is 13.2 Å². The molecule has 2 aliphatic rings. The smallest absolute Gasteiger partial charge is 0.475 e. The van der Waals surface area contributed by atoms with Gasteiger partial charge in [0.15, 0.2) is 0 Å². The minimum atomic E-state index is -5.08. The molecule has 1 N–H and O–H groups in total. The molecule has 1 saturated heterocycles. The van der Waals surface area contributed by atoms with Crippen molar-refractivity contribution in [3.8, 4) is 0 Å². The molecule has 0 spiro atoms. The zero-order chi connectivity index (χ0) is 20.7. The van der Waals surface area contributed by atoms with Crippen LogP contribution in [0.4, 0.5) is 13.2 Å². The summed E-state index contributed by atoms with van der Waals surface area (Å²) in [6.45, 7) is 5.46. The summed E-state index contributed by atoms with van der Waals surface area (Å²) in [6, 6.07) is 0. The number of ether oxygens (including phenoxy) is 1. The number of amides is 1. The summed E-state index contributed by atoms with van der Waals surface area (Å²) in [5.41, 5.74) is 1.24. The van der Waals surface area contributed by atoms with Crippen LogP contribution >= 0.6 is 0 Å². The molecule has 3 rings (SSSR count). The Labute approximate surface area is 160 Å². The molecule has 1 atom stereocenters. The van der Waals surface area contributed by atoms with Crippen LogP contribution in [0, 0.1) is 5.92 Å². The lowest BCUT2D eigenvalue weighted by Gasteiger charge is -2.20. The average Bonchev–Trinajstić information content (AvgIpc) is 3.24. The highest BCUT2D eigenvalue weighted by Crippen LogP contribution is 2.15. The number of carboxylic acids is 1. The third-order valence-corrected chi connectivity index (χ3v) is 4.54. The average molecular weight is 406 g/mol. The number of hydrogen-bond donors (Lipinski definition) is 1. The van der Waals surface area contributed by atoms with Crippen LogP contribution in [-0.4, -0.2) is 82.4 Å². The van der Waals surface area contributed by atoms with Crippen molar-refractivity contribution < 1.29 is 32.6 Å². The monoisotopic (exact) mass is 406 g/mol. The summed E-state index contributed by atoms with van der Waals surface area (Å²) in [7, 11) is 2.12. The largest absolute Gasteiger partial charge is 0.490 e. The van der Waals surface area contributed by atoms with E-state index in [0.29, 0.717) is 12.5 Å². The van der Waals surface area contributed by atoms with E-state index in [4.69, 9.17) is 14.6 Å². The number of imidazole rings is 1. The number of nitrogens with zero attached hydrogens (tertiary/aromatic N) is 4. The predicted octanol–water partition coefficient (Wildman–Crippen LogP) is 1.22. The quantitative estimate of drug-likeness (QED) is 0.809. The molecule has 0 aromatic carbocycles. The van der Waals surface area contributed by atoms with E-state index in [-0.39, 0.29) is 12.5 Å². The van der Waals surface area contributed by atoms with Gasteiger partial charge in [-0.3, -0.25) is 4.79 Å². The minimum Gasteiger partial charge on any atom is -0.475 e. The van der Waals surface area contributed by atoms with Gasteiger partial charge in [-0.15, -0.1) is 0 Å². The van der Waals surface area contributed by atoms with Crippen LogP contribution in [0.2, 0.25) is 0 Å². The van der Waals surface area contributed by atoms with Gasteiger partial charge in [-0.1, -0.05) is 0 Å². The molecular weight excluding hydrogens is 381 g/mol. The normalized spacial score (nSPS) is 20.1. The maximum Gasteiger partial charge on any atom is 0.490 e. The number of hydrogen-bond acceptors (Lipinski definition) is 5. The number of likely N-dealkylation sites (tertiary alicyclic amines) is 1.